The summed E-state index contributed by atoms with van der Waals surface area (Å²) in [5, 5.41) is 12.9. The molecule has 1 aliphatic rings. The first-order chi connectivity index (χ1) is 11.2. The fourth-order valence-corrected chi connectivity index (χ4v) is 3.26. The van der Waals surface area contributed by atoms with Gasteiger partial charge in [0.1, 0.15) is 11.2 Å². The summed E-state index contributed by atoms with van der Waals surface area (Å²) in [5.74, 6) is 0.698. The van der Waals surface area contributed by atoms with Crippen molar-refractivity contribution in [3.63, 3.8) is 0 Å². The second-order valence-electron chi connectivity index (χ2n) is 5.71. The summed E-state index contributed by atoms with van der Waals surface area (Å²) >= 11 is 0. The minimum absolute atomic E-state index is 0.115. The summed E-state index contributed by atoms with van der Waals surface area (Å²) < 4.78 is 0. The predicted octanol–water partition coefficient (Wildman–Crippen LogP) is 3.71. The fraction of sp³-hybridized carbons (Fsp3) is 0.167. The standard InChI is InChI=1S/C18H15N3O2/c22-21(23)16-7-3-6-14-8-10-19-18(17(14)16)20-11-9-13-4-1-2-5-15(13)12-20/h1-8,10H,9,11-12H2. The van der Waals surface area contributed by atoms with Gasteiger partial charge in [-0.1, -0.05) is 36.4 Å². The number of rotatable bonds is 2. The van der Waals surface area contributed by atoms with E-state index in [0.29, 0.717) is 11.2 Å². The highest BCUT2D eigenvalue weighted by Gasteiger charge is 2.23. The summed E-state index contributed by atoms with van der Waals surface area (Å²) in [7, 11) is 0. The van der Waals surface area contributed by atoms with Crippen molar-refractivity contribution in [2.45, 2.75) is 13.0 Å². The van der Waals surface area contributed by atoms with E-state index in [1.165, 1.54) is 11.1 Å². The Morgan fingerprint density at radius 1 is 1.04 bits per heavy atom. The maximum Gasteiger partial charge on any atom is 0.280 e. The Morgan fingerprint density at radius 3 is 2.70 bits per heavy atom. The average Bonchev–Trinajstić information content (AvgIpc) is 2.60. The molecule has 5 heteroatoms. The third-order valence-electron chi connectivity index (χ3n) is 4.38. The van der Waals surface area contributed by atoms with Crippen LogP contribution in [0, 0.1) is 10.1 Å². The quantitative estimate of drug-likeness (QED) is 0.535. The van der Waals surface area contributed by atoms with Crippen LogP contribution in [0.15, 0.2) is 54.7 Å². The molecular weight excluding hydrogens is 290 g/mol. The molecule has 3 aromatic rings. The highest BCUT2D eigenvalue weighted by Crippen LogP contribution is 2.34. The Labute approximate surface area is 133 Å². The molecule has 0 saturated heterocycles. The number of pyridine rings is 1. The van der Waals surface area contributed by atoms with Gasteiger partial charge in [-0.15, -0.1) is 0 Å². The van der Waals surface area contributed by atoms with Gasteiger partial charge in [-0.3, -0.25) is 10.1 Å². The van der Waals surface area contributed by atoms with Gasteiger partial charge in [0, 0.05) is 25.4 Å². The summed E-state index contributed by atoms with van der Waals surface area (Å²) in [4.78, 5) is 17.7. The molecule has 0 unspecified atom stereocenters. The molecule has 23 heavy (non-hydrogen) atoms. The maximum absolute atomic E-state index is 11.4. The molecule has 0 saturated carbocycles. The van der Waals surface area contributed by atoms with E-state index in [-0.39, 0.29) is 10.6 Å². The van der Waals surface area contributed by atoms with Crippen molar-refractivity contribution in [3.05, 3.63) is 76.0 Å². The van der Waals surface area contributed by atoms with Crippen molar-refractivity contribution in [1.29, 1.82) is 0 Å². The van der Waals surface area contributed by atoms with Crippen LogP contribution in [0.4, 0.5) is 11.5 Å². The van der Waals surface area contributed by atoms with E-state index in [4.69, 9.17) is 0 Å². The minimum Gasteiger partial charge on any atom is -0.351 e. The minimum atomic E-state index is -0.328. The second-order valence-corrected chi connectivity index (χ2v) is 5.71. The number of hydrogen-bond donors (Lipinski definition) is 0. The Hall–Kier alpha value is -2.95. The molecule has 2 heterocycles. The van der Waals surface area contributed by atoms with Gasteiger partial charge in [0.05, 0.1) is 4.92 Å². The molecule has 114 valence electrons. The molecule has 1 aliphatic heterocycles. The van der Waals surface area contributed by atoms with Crippen molar-refractivity contribution < 1.29 is 4.92 Å². The summed E-state index contributed by atoms with van der Waals surface area (Å²) in [6, 6.07) is 15.3. The van der Waals surface area contributed by atoms with Crippen molar-refractivity contribution in [2.75, 3.05) is 11.4 Å². The number of fused-ring (bicyclic) bond motifs is 2. The zero-order valence-corrected chi connectivity index (χ0v) is 12.5. The van der Waals surface area contributed by atoms with Crippen LogP contribution in [0.2, 0.25) is 0 Å². The van der Waals surface area contributed by atoms with Crippen LogP contribution in [-0.4, -0.2) is 16.5 Å². The Kier molecular flexibility index (Phi) is 3.19. The van der Waals surface area contributed by atoms with Crippen molar-refractivity contribution in [3.8, 4) is 0 Å². The lowest BCUT2D eigenvalue weighted by Gasteiger charge is -2.30. The summed E-state index contributed by atoms with van der Waals surface area (Å²) in [6.07, 6.45) is 2.65. The molecule has 0 fully saturated rings. The molecule has 2 aromatic carbocycles. The van der Waals surface area contributed by atoms with E-state index in [0.717, 1.165) is 24.9 Å². The molecule has 0 N–H and O–H groups in total. The van der Waals surface area contributed by atoms with E-state index in [1.54, 1.807) is 18.3 Å². The molecule has 0 spiro atoms. The first-order valence-corrected chi connectivity index (χ1v) is 7.58. The highest BCUT2D eigenvalue weighted by molar-refractivity contribution is 5.99. The number of benzene rings is 2. The van der Waals surface area contributed by atoms with Gasteiger partial charge in [0.15, 0.2) is 0 Å². The highest BCUT2D eigenvalue weighted by atomic mass is 16.6. The lowest BCUT2D eigenvalue weighted by Crippen LogP contribution is -2.31. The molecule has 1 aromatic heterocycles. The summed E-state index contributed by atoms with van der Waals surface area (Å²) in [5.41, 5.74) is 2.72. The average molecular weight is 305 g/mol. The smallest absolute Gasteiger partial charge is 0.280 e. The molecule has 0 bridgehead atoms. The largest absolute Gasteiger partial charge is 0.351 e. The number of anilines is 1. The Bertz CT molecular complexity index is 902. The molecule has 5 nitrogen and oxygen atoms in total. The number of non-ortho nitro benzene ring substituents is 1. The van der Waals surface area contributed by atoms with Gasteiger partial charge in [0.25, 0.3) is 5.69 Å². The molecule has 0 aliphatic carbocycles. The monoisotopic (exact) mass is 305 g/mol. The Balaban J connectivity index is 1.85. The number of nitrogens with zero attached hydrogens (tertiary/aromatic N) is 3. The molecule has 0 amide bonds. The van der Waals surface area contributed by atoms with Crippen molar-refractivity contribution in [2.24, 2.45) is 0 Å². The lowest BCUT2D eigenvalue weighted by atomic mass is 9.99. The van der Waals surface area contributed by atoms with Gasteiger partial charge in [-0.2, -0.15) is 0 Å². The third-order valence-corrected chi connectivity index (χ3v) is 4.38. The topological polar surface area (TPSA) is 59.3 Å². The maximum atomic E-state index is 11.4. The SMILES string of the molecule is O=[N+]([O-])c1cccc2ccnc(N3CCc4ccccc4C3)c12. The number of hydrogen-bond acceptors (Lipinski definition) is 4. The zero-order chi connectivity index (χ0) is 15.8. The van der Waals surface area contributed by atoms with Crippen LogP contribution >= 0.6 is 0 Å². The summed E-state index contributed by atoms with van der Waals surface area (Å²) in [6.45, 7) is 1.55. The Morgan fingerprint density at radius 2 is 1.87 bits per heavy atom. The van der Waals surface area contributed by atoms with E-state index >= 15 is 0 Å². The van der Waals surface area contributed by atoms with E-state index < -0.39 is 0 Å². The van der Waals surface area contributed by atoms with E-state index in [9.17, 15) is 10.1 Å². The van der Waals surface area contributed by atoms with Crippen molar-refractivity contribution >= 4 is 22.3 Å². The third kappa shape index (κ3) is 2.30. The predicted molar refractivity (Wildman–Crippen MR) is 89.6 cm³/mol. The van der Waals surface area contributed by atoms with Crippen LogP contribution in [0.3, 0.4) is 0 Å². The fourth-order valence-electron chi connectivity index (χ4n) is 3.26. The first-order valence-electron chi connectivity index (χ1n) is 7.58. The number of aromatic nitrogens is 1. The van der Waals surface area contributed by atoms with Gasteiger partial charge in [0.2, 0.25) is 0 Å². The molecular formula is C18H15N3O2. The van der Waals surface area contributed by atoms with E-state index in [2.05, 4.69) is 28.1 Å². The van der Waals surface area contributed by atoms with Crippen LogP contribution in [0.25, 0.3) is 10.8 Å². The van der Waals surface area contributed by atoms with Crippen LogP contribution in [-0.2, 0) is 13.0 Å². The van der Waals surface area contributed by atoms with Gasteiger partial charge in [-0.05, 0) is 29.0 Å². The van der Waals surface area contributed by atoms with Crippen LogP contribution < -0.4 is 4.90 Å². The second kappa shape index (κ2) is 5.35. The molecule has 0 radical (unpaired) electrons. The number of nitro groups is 1. The zero-order valence-electron chi connectivity index (χ0n) is 12.5. The lowest BCUT2D eigenvalue weighted by molar-refractivity contribution is -0.383. The van der Waals surface area contributed by atoms with Gasteiger partial charge in [-0.25, -0.2) is 4.98 Å². The van der Waals surface area contributed by atoms with Crippen LogP contribution in [0.5, 0.6) is 0 Å². The molecule has 4 rings (SSSR count). The normalized spacial score (nSPS) is 13.8. The molecule has 0 atom stereocenters. The van der Waals surface area contributed by atoms with Gasteiger partial charge < -0.3 is 4.90 Å². The van der Waals surface area contributed by atoms with Crippen LogP contribution in [0.1, 0.15) is 11.1 Å². The van der Waals surface area contributed by atoms with Crippen molar-refractivity contribution in [1.82, 2.24) is 4.98 Å². The van der Waals surface area contributed by atoms with Gasteiger partial charge >= 0.3 is 0 Å². The number of nitro benzene ring substituents is 1. The van der Waals surface area contributed by atoms with E-state index in [1.807, 2.05) is 18.2 Å². The first kappa shape index (κ1) is 13.7.